The monoisotopic (exact) mass is 254 g/mol. The van der Waals surface area contributed by atoms with Crippen LogP contribution in [0.25, 0.3) is 0 Å². The molecule has 104 valence electrons. The molecule has 2 rings (SSSR count). The third kappa shape index (κ3) is 3.23. The summed E-state index contributed by atoms with van der Waals surface area (Å²) >= 11 is 0. The smallest absolute Gasteiger partial charge is 0.251 e. The number of carbonyl (C=O) groups excluding carboxylic acids is 1. The average molecular weight is 254 g/mol. The first-order valence-electron chi connectivity index (χ1n) is 7.39. The highest BCUT2D eigenvalue weighted by molar-refractivity contribution is 5.81. The van der Waals surface area contributed by atoms with Crippen LogP contribution < -0.4 is 5.73 Å². The molecule has 18 heavy (non-hydrogen) atoms. The lowest BCUT2D eigenvalue weighted by atomic mass is 9.93. The van der Waals surface area contributed by atoms with E-state index in [1.165, 1.54) is 19.3 Å². The van der Waals surface area contributed by atoms with Gasteiger partial charge in [0.15, 0.2) is 0 Å². The van der Waals surface area contributed by atoms with Gasteiger partial charge in [0.1, 0.15) is 6.10 Å². The van der Waals surface area contributed by atoms with Crippen LogP contribution in [0, 0.1) is 5.92 Å². The molecule has 0 aromatic rings. The van der Waals surface area contributed by atoms with Gasteiger partial charge in [0, 0.05) is 19.6 Å². The molecule has 2 N–H and O–H groups in total. The van der Waals surface area contributed by atoms with E-state index >= 15 is 0 Å². The molecule has 2 aliphatic rings. The summed E-state index contributed by atoms with van der Waals surface area (Å²) in [5, 5.41) is 0. The van der Waals surface area contributed by atoms with Gasteiger partial charge in [-0.3, -0.25) is 4.79 Å². The number of rotatable bonds is 4. The van der Waals surface area contributed by atoms with Crippen LogP contribution in [-0.4, -0.2) is 42.6 Å². The fourth-order valence-electron chi connectivity index (χ4n) is 3.17. The summed E-state index contributed by atoms with van der Waals surface area (Å²) in [5.41, 5.74) is 5.59. The van der Waals surface area contributed by atoms with Crippen LogP contribution in [0.1, 0.15) is 45.4 Å². The third-order valence-electron chi connectivity index (χ3n) is 4.17. The molecule has 0 aromatic carbocycles. The van der Waals surface area contributed by atoms with Gasteiger partial charge in [0.05, 0.1) is 6.10 Å². The molecule has 2 heterocycles. The lowest BCUT2D eigenvalue weighted by molar-refractivity contribution is -0.144. The quantitative estimate of drug-likeness (QED) is 0.828. The van der Waals surface area contributed by atoms with Crippen LogP contribution in [0.4, 0.5) is 0 Å². The molecular formula is C14H26N2O2. The highest BCUT2D eigenvalue weighted by Gasteiger charge is 2.34. The normalized spacial score (nSPS) is 32.8. The summed E-state index contributed by atoms with van der Waals surface area (Å²) in [6.45, 7) is 4.58. The first-order chi connectivity index (χ1) is 8.74. The standard InChI is InChI=1S/C14H26N2O2/c1-2-4-11-5-3-8-16(10-11)14(17)13-7-6-12(9-15)18-13/h11-13H,2-10,15H2,1H3/t11?,12-,13+/m1/s1. The van der Waals surface area contributed by atoms with E-state index < -0.39 is 0 Å². The molecule has 0 radical (unpaired) electrons. The Morgan fingerprint density at radius 2 is 2.22 bits per heavy atom. The molecule has 4 nitrogen and oxygen atoms in total. The molecule has 4 heteroatoms. The van der Waals surface area contributed by atoms with Crippen LogP contribution in [0.5, 0.6) is 0 Å². The van der Waals surface area contributed by atoms with Crippen LogP contribution in [0.15, 0.2) is 0 Å². The maximum Gasteiger partial charge on any atom is 0.251 e. The summed E-state index contributed by atoms with van der Waals surface area (Å²) in [5.74, 6) is 0.895. The van der Waals surface area contributed by atoms with Crippen molar-refractivity contribution in [2.75, 3.05) is 19.6 Å². The zero-order valence-electron chi connectivity index (χ0n) is 11.4. The minimum Gasteiger partial charge on any atom is -0.364 e. The van der Waals surface area contributed by atoms with Crippen molar-refractivity contribution < 1.29 is 9.53 Å². The zero-order valence-corrected chi connectivity index (χ0v) is 11.4. The van der Waals surface area contributed by atoms with E-state index in [4.69, 9.17) is 10.5 Å². The predicted octanol–water partition coefficient (Wildman–Crippen LogP) is 1.53. The van der Waals surface area contributed by atoms with Gasteiger partial charge in [-0.15, -0.1) is 0 Å². The Labute approximate surface area is 110 Å². The van der Waals surface area contributed by atoms with E-state index in [0.29, 0.717) is 12.5 Å². The van der Waals surface area contributed by atoms with E-state index in [9.17, 15) is 4.79 Å². The fraction of sp³-hybridized carbons (Fsp3) is 0.929. The maximum absolute atomic E-state index is 12.4. The Balaban J connectivity index is 1.85. The SMILES string of the molecule is CCCC1CCCN(C(=O)[C@@H]2CC[C@H](CN)O2)C1. The first kappa shape index (κ1) is 13.8. The van der Waals surface area contributed by atoms with E-state index in [1.54, 1.807) is 0 Å². The Kier molecular flexibility index (Phi) is 5.01. The van der Waals surface area contributed by atoms with Gasteiger partial charge in [-0.2, -0.15) is 0 Å². The molecule has 1 unspecified atom stereocenters. The second-order valence-corrected chi connectivity index (χ2v) is 5.64. The Hall–Kier alpha value is -0.610. The third-order valence-corrected chi connectivity index (χ3v) is 4.17. The molecule has 1 amide bonds. The van der Waals surface area contributed by atoms with Crippen molar-refractivity contribution in [3.63, 3.8) is 0 Å². The van der Waals surface area contributed by atoms with Gasteiger partial charge in [0.2, 0.25) is 0 Å². The van der Waals surface area contributed by atoms with Crippen molar-refractivity contribution in [1.82, 2.24) is 4.90 Å². The number of hydrogen-bond acceptors (Lipinski definition) is 3. The fourth-order valence-corrected chi connectivity index (χ4v) is 3.17. The van der Waals surface area contributed by atoms with Crippen molar-refractivity contribution in [2.24, 2.45) is 11.7 Å². The van der Waals surface area contributed by atoms with Crippen LogP contribution in [0.3, 0.4) is 0 Å². The van der Waals surface area contributed by atoms with Gasteiger partial charge >= 0.3 is 0 Å². The summed E-state index contributed by atoms with van der Waals surface area (Å²) in [6, 6.07) is 0. The van der Waals surface area contributed by atoms with Crippen LogP contribution in [-0.2, 0) is 9.53 Å². The molecule has 0 bridgehead atoms. The highest BCUT2D eigenvalue weighted by atomic mass is 16.5. The average Bonchev–Trinajstić information content (AvgIpc) is 2.87. The minimum absolute atomic E-state index is 0.0928. The maximum atomic E-state index is 12.4. The van der Waals surface area contributed by atoms with E-state index in [0.717, 1.165) is 32.4 Å². The summed E-state index contributed by atoms with van der Waals surface area (Å²) in [7, 11) is 0. The molecule has 2 aliphatic heterocycles. The number of ether oxygens (including phenoxy) is 1. The predicted molar refractivity (Wildman–Crippen MR) is 71.2 cm³/mol. The Morgan fingerprint density at radius 3 is 2.89 bits per heavy atom. The number of hydrogen-bond donors (Lipinski definition) is 1. The van der Waals surface area contributed by atoms with Crippen molar-refractivity contribution in [3.8, 4) is 0 Å². The van der Waals surface area contributed by atoms with Crippen molar-refractivity contribution in [3.05, 3.63) is 0 Å². The summed E-state index contributed by atoms with van der Waals surface area (Å²) in [6.07, 6.45) is 6.50. The number of piperidine rings is 1. The molecular weight excluding hydrogens is 228 g/mol. The topological polar surface area (TPSA) is 55.6 Å². The van der Waals surface area contributed by atoms with Gasteiger partial charge in [-0.05, 0) is 38.0 Å². The lowest BCUT2D eigenvalue weighted by Gasteiger charge is -2.34. The number of nitrogens with two attached hydrogens (primary N) is 1. The van der Waals surface area contributed by atoms with Gasteiger partial charge in [0.25, 0.3) is 5.91 Å². The summed E-state index contributed by atoms with van der Waals surface area (Å²) < 4.78 is 5.70. The first-order valence-corrected chi connectivity index (χ1v) is 7.39. The highest BCUT2D eigenvalue weighted by Crippen LogP contribution is 2.25. The van der Waals surface area contributed by atoms with Crippen LogP contribution >= 0.6 is 0 Å². The number of nitrogens with zero attached hydrogens (tertiary/aromatic N) is 1. The number of likely N-dealkylation sites (tertiary alicyclic amines) is 1. The molecule has 0 aliphatic carbocycles. The summed E-state index contributed by atoms with van der Waals surface area (Å²) in [4.78, 5) is 14.4. The van der Waals surface area contributed by atoms with Gasteiger partial charge in [-0.1, -0.05) is 13.3 Å². The second kappa shape index (κ2) is 6.53. The number of carbonyl (C=O) groups is 1. The largest absolute Gasteiger partial charge is 0.364 e. The Bertz CT molecular complexity index is 281. The van der Waals surface area contributed by atoms with E-state index in [1.807, 2.05) is 4.90 Å². The second-order valence-electron chi connectivity index (χ2n) is 5.64. The zero-order chi connectivity index (χ0) is 13.0. The molecule has 2 fully saturated rings. The molecule has 3 atom stereocenters. The van der Waals surface area contributed by atoms with Gasteiger partial charge < -0.3 is 15.4 Å². The van der Waals surface area contributed by atoms with E-state index in [-0.39, 0.29) is 18.1 Å². The van der Waals surface area contributed by atoms with Crippen molar-refractivity contribution in [2.45, 2.75) is 57.7 Å². The van der Waals surface area contributed by atoms with E-state index in [2.05, 4.69) is 6.92 Å². The van der Waals surface area contributed by atoms with Crippen molar-refractivity contribution in [1.29, 1.82) is 0 Å². The van der Waals surface area contributed by atoms with Crippen molar-refractivity contribution >= 4 is 5.91 Å². The van der Waals surface area contributed by atoms with Crippen LogP contribution in [0.2, 0.25) is 0 Å². The van der Waals surface area contributed by atoms with Gasteiger partial charge in [-0.25, -0.2) is 0 Å². The Morgan fingerprint density at radius 1 is 1.39 bits per heavy atom. The molecule has 0 aromatic heterocycles. The molecule has 2 saturated heterocycles. The minimum atomic E-state index is -0.223. The lowest BCUT2D eigenvalue weighted by Crippen LogP contribution is -2.45. The number of amides is 1. The molecule has 0 saturated carbocycles. The molecule has 0 spiro atoms.